The van der Waals surface area contributed by atoms with E-state index in [4.69, 9.17) is 0 Å². The maximum Gasteiger partial charge on any atom is -1.00 e. The fraction of sp³-hybridized carbons (Fsp3) is 0.579. The van der Waals surface area contributed by atoms with Gasteiger partial charge in [0.2, 0.25) is 0 Å². The van der Waals surface area contributed by atoms with Crippen molar-refractivity contribution in [3.8, 4) is 0 Å². The van der Waals surface area contributed by atoms with Crippen LogP contribution in [0.1, 0.15) is 47.5 Å². The first-order valence-electron chi connectivity index (χ1n) is 8.41. The quantitative estimate of drug-likeness (QED) is 0.503. The Morgan fingerprint density at radius 1 is 1.12 bits per heavy atom. The second-order valence-corrected chi connectivity index (χ2v) is 13.7. The zero-order valence-corrected chi connectivity index (χ0v) is 21.1. The van der Waals surface area contributed by atoms with Gasteiger partial charge in [-0.15, -0.1) is 0 Å². The van der Waals surface area contributed by atoms with E-state index in [1.807, 2.05) is 0 Å². The van der Waals surface area contributed by atoms with Crippen LogP contribution < -0.4 is 24.8 Å². The van der Waals surface area contributed by atoms with Crippen LogP contribution in [-0.4, -0.2) is 20.5 Å². The van der Waals surface area contributed by atoms with Gasteiger partial charge < -0.3 is 24.8 Å². The molecule has 0 spiro atoms. The minimum absolute atomic E-state index is 0. The molecule has 0 aliphatic heterocycles. The molecular formula is C19H30Cl2OSiZr. The van der Waals surface area contributed by atoms with E-state index in [-0.39, 0.29) is 30.2 Å². The summed E-state index contributed by atoms with van der Waals surface area (Å²) in [6, 6.07) is 0. The average molecular weight is 465 g/mol. The molecule has 134 valence electrons. The van der Waals surface area contributed by atoms with E-state index >= 15 is 0 Å². The summed E-state index contributed by atoms with van der Waals surface area (Å²) in [4.78, 5) is 0. The Morgan fingerprint density at radius 3 is 2.12 bits per heavy atom. The molecule has 0 radical (unpaired) electrons. The van der Waals surface area contributed by atoms with Crippen molar-refractivity contribution in [1.82, 2.24) is 0 Å². The average Bonchev–Trinajstić information content (AvgIpc) is 2.90. The number of aliphatic hydroxyl groups is 1. The van der Waals surface area contributed by atoms with Gasteiger partial charge in [0.15, 0.2) is 0 Å². The number of rotatable bonds is 5. The fourth-order valence-corrected chi connectivity index (χ4v) is 12.3. The van der Waals surface area contributed by atoms with Gasteiger partial charge in [0.25, 0.3) is 0 Å². The van der Waals surface area contributed by atoms with Gasteiger partial charge >= 0.3 is 150 Å². The van der Waals surface area contributed by atoms with Crippen LogP contribution in [0.25, 0.3) is 0 Å². The summed E-state index contributed by atoms with van der Waals surface area (Å²) in [6.45, 7) is 17.0. The summed E-state index contributed by atoms with van der Waals surface area (Å²) in [5.41, 5.74) is 6.45. The number of halogens is 2. The molecule has 1 N–H and O–H groups in total. The molecule has 5 heteroatoms. The predicted octanol–water partition coefficient (Wildman–Crippen LogP) is -1.28. The number of hydrogen-bond acceptors (Lipinski definition) is 1. The summed E-state index contributed by atoms with van der Waals surface area (Å²) < 4.78 is 3.59. The smallest absolute Gasteiger partial charge is 1.00 e. The molecule has 0 fully saturated rings. The van der Waals surface area contributed by atoms with Gasteiger partial charge in [0.05, 0.1) is 0 Å². The SMILES string of the molecule is CC1=C(C)C(C)(C)[C]([Zr+2][C]2=C([SiH](C)C)C(CCO)=CC2)=C1C.[Cl-].[Cl-]. The number of hydrogen-bond donors (Lipinski definition) is 1. The summed E-state index contributed by atoms with van der Waals surface area (Å²) in [6.07, 6.45) is 4.45. The summed E-state index contributed by atoms with van der Waals surface area (Å²) >= 11 is -0.707. The standard InChI is InChI=1S/C10H15.C9H15OSi.2ClH.Zr/c1-7-6-10(4,5)9(3)8(7)2;1-11(2)9-5-3-4-8(9)6-7-10;;;/h1-5H3;4,10-11H,3,6-7H2,1-2H3;2*1H;/q;;;;+2/p-2. The van der Waals surface area contributed by atoms with E-state index in [0.29, 0.717) is 6.61 Å². The molecule has 0 unspecified atom stereocenters. The van der Waals surface area contributed by atoms with Crippen molar-refractivity contribution in [3.05, 3.63) is 40.1 Å². The first-order valence-corrected chi connectivity index (χ1v) is 13.8. The molecule has 0 aromatic heterocycles. The van der Waals surface area contributed by atoms with Gasteiger partial charge in [-0.3, -0.25) is 0 Å². The van der Waals surface area contributed by atoms with Gasteiger partial charge in [0, 0.05) is 0 Å². The topological polar surface area (TPSA) is 20.2 Å². The van der Waals surface area contributed by atoms with Gasteiger partial charge in [0.1, 0.15) is 0 Å². The second kappa shape index (κ2) is 9.51. The molecule has 0 aromatic carbocycles. The minimum Gasteiger partial charge on any atom is -1.00 e. The Labute approximate surface area is 173 Å². The molecule has 0 atom stereocenters. The molecule has 0 amide bonds. The molecule has 24 heavy (non-hydrogen) atoms. The van der Waals surface area contributed by atoms with Gasteiger partial charge in [-0.25, -0.2) is 0 Å². The van der Waals surface area contributed by atoms with Crippen LogP contribution in [0.15, 0.2) is 40.1 Å². The van der Waals surface area contributed by atoms with Crippen molar-refractivity contribution in [2.24, 2.45) is 5.41 Å². The molecule has 1 nitrogen and oxygen atoms in total. The molecule has 0 heterocycles. The third kappa shape index (κ3) is 4.46. The van der Waals surface area contributed by atoms with Crippen molar-refractivity contribution in [3.63, 3.8) is 0 Å². The van der Waals surface area contributed by atoms with Crippen LogP contribution >= 0.6 is 0 Å². The monoisotopic (exact) mass is 462 g/mol. The molecule has 2 aliphatic rings. The Balaban J connectivity index is 0.00000264. The van der Waals surface area contributed by atoms with Crippen LogP contribution in [0.2, 0.25) is 13.1 Å². The summed E-state index contributed by atoms with van der Waals surface area (Å²) in [7, 11) is -0.819. The van der Waals surface area contributed by atoms with Crippen LogP contribution in [-0.2, 0) is 23.2 Å². The third-order valence-electron chi connectivity index (χ3n) is 5.52. The Kier molecular flexibility index (Phi) is 9.75. The van der Waals surface area contributed by atoms with E-state index in [2.05, 4.69) is 53.8 Å². The minimum atomic E-state index is -0.819. The van der Waals surface area contributed by atoms with Crippen LogP contribution in [0.3, 0.4) is 0 Å². The second-order valence-electron chi connectivity index (χ2n) is 7.45. The zero-order chi connectivity index (χ0) is 16.7. The first kappa shape index (κ1) is 24.6. The van der Waals surface area contributed by atoms with Gasteiger partial charge in [-0.2, -0.15) is 0 Å². The largest absolute Gasteiger partial charge is 1.00 e. The molecule has 0 bridgehead atoms. The third-order valence-corrected chi connectivity index (χ3v) is 13.1. The van der Waals surface area contributed by atoms with Crippen molar-refractivity contribution in [2.45, 2.75) is 60.6 Å². The van der Waals surface area contributed by atoms with E-state index < -0.39 is 32.0 Å². The van der Waals surface area contributed by atoms with E-state index in [1.165, 1.54) is 17.6 Å². The molecule has 0 saturated carbocycles. The van der Waals surface area contributed by atoms with Crippen molar-refractivity contribution in [1.29, 1.82) is 0 Å². The zero-order valence-electron chi connectivity index (χ0n) is 16.0. The molecule has 2 rings (SSSR count). The fourth-order valence-electron chi connectivity index (χ4n) is 3.83. The molecule has 2 aliphatic carbocycles. The normalized spacial score (nSPS) is 19.5. The molecule has 0 saturated heterocycles. The van der Waals surface area contributed by atoms with Crippen molar-refractivity contribution in [2.75, 3.05) is 6.61 Å². The Morgan fingerprint density at radius 2 is 1.71 bits per heavy atom. The van der Waals surface area contributed by atoms with Crippen LogP contribution in [0, 0.1) is 5.41 Å². The van der Waals surface area contributed by atoms with E-state index in [1.54, 1.807) is 22.9 Å². The Bertz CT molecular complexity index is 613. The Hall–Kier alpha value is 0.600. The maximum absolute atomic E-state index is 9.34. The van der Waals surface area contributed by atoms with Gasteiger partial charge in [-0.1, -0.05) is 0 Å². The maximum atomic E-state index is 9.34. The van der Waals surface area contributed by atoms with E-state index in [9.17, 15) is 5.11 Å². The number of allylic oxidation sites excluding steroid dienone is 7. The van der Waals surface area contributed by atoms with Crippen molar-refractivity contribution < 1.29 is 53.2 Å². The summed E-state index contributed by atoms with van der Waals surface area (Å²) in [5, 5.41) is 11.1. The van der Waals surface area contributed by atoms with Crippen LogP contribution in [0.5, 0.6) is 0 Å². The molecular weight excluding hydrogens is 434 g/mol. The first-order chi connectivity index (χ1) is 10.2. The van der Waals surface area contributed by atoms with Crippen LogP contribution in [0.4, 0.5) is 0 Å². The van der Waals surface area contributed by atoms with Gasteiger partial charge in [-0.05, 0) is 0 Å². The van der Waals surface area contributed by atoms with E-state index in [0.717, 1.165) is 6.42 Å². The predicted molar refractivity (Wildman–Crippen MR) is 95.2 cm³/mol. The summed E-state index contributed by atoms with van der Waals surface area (Å²) in [5.74, 6) is 0. The molecule has 0 aromatic rings. The number of aliphatic hydroxyl groups excluding tert-OH is 1. The van der Waals surface area contributed by atoms with Crippen molar-refractivity contribution >= 4 is 8.80 Å².